The lowest BCUT2D eigenvalue weighted by Crippen LogP contribution is -2.52. The van der Waals surface area contributed by atoms with E-state index < -0.39 is 12.0 Å². The first-order valence-electron chi connectivity index (χ1n) is 6.65. The molecule has 2 heterocycles. The molecule has 0 bridgehead atoms. The summed E-state index contributed by atoms with van der Waals surface area (Å²) >= 11 is 0. The highest BCUT2D eigenvalue weighted by Crippen LogP contribution is 2.24. The van der Waals surface area contributed by atoms with Crippen LogP contribution in [0.1, 0.15) is 15.9 Å². The number of nitrogens with one attached hydrogen (secondary N) is 1. The maximum absolute atomic E-state index is 12.5. The van der Waals surface area contributed by atoms with E-state index in [4.69, 9.17) is 4.74 Å². The van der Waals surface area contributed by atoms with Crippen LogP contribution in [0.2, 0.25) is 0 Å². The topological polar surface area (TPSA) is 78.9 Å². The lowest BCUT2D eigenvalue weighted by Gasteiger charge is -2.33. The summed E-state index contributed by atoms with van der Waals surface area (Å²) in [5, 5.41) is 12.4. The maximum atomic E-state index is 12.5. The van der Waals surface area contributed by atoms with Crippen LogP contribution in [0.25, 0.3) is 0 Å². The molecule has 6 nitrogen and oxygen atoms in total. The number of nitrogens with zero attached hydrogens (tertiary/aromatic N) is 1. The second-order valence-electron chi connectivity index (χ2n) is 4.98. The number of carbonyl (C=O) groups excluding carboxylic acids is 1. The summed E-state index contributed by atoms with van der Waals surface area (Å²) in [4.78, 5) is 25.1. The van der Waals surface area contributed by atoms with E-state index in [9.17, 15) is 14.7 Å². The van der Waals surface area contributed by atoms with Gasteiger partial charge in [-0.3, -0.25) is 4.79 Å². The van der Waals surface area contributed by atoms with Gasteiger partial charge in [-0.25, -0.2) is 4.79 Å². The number of hydrogen-bond acceptors (Lipinski definition) is 4. The third-order valence-electron chi connectivity index (χ3n) is 3.74. The van der Waals surface area contributed by atoms with Crippen LogP contribution in [0.5, 0.6) is 0 Å². The standard InChI is InChI=1S/C14H16N2O4/c17-13(16-5-6-20-8-12(16)14(18)19)10-2-1-9-3-4-15-11(9)7-10/h1-2,7,12,15H,3-6,8H2,(H,18,19). The minimum absolute atomic E-state index is 0.0459. The van der Waals surface area contributed by atoms with Crippen molar-refractivity contribution in [2.75, 3.05) is 31.6 Å². The summed E-state index contributed by atoms with van der Waals surface area (Å²) in [7, 11) is 0. The maximum Gasteiger partial charge on any atom is 0.328 e. The minimum Gasteiger partial charge on any atom is -0.480 e. The highest BCUT2D eigenvalue weighted by atomic mass is 16.5. The number of carboxylic acids is 1. The van der Waals surface area contributed by atoms with Crippen LogP contribution < -0.4 is 5.32 Å². The zero-order chi connectivity index (χ0) is 14.1. The fourth-order valence-corrected chi connectivity index (χ4v) is 2.64. The second kappa shape index (κ2) is 5.13. The third kappa shape index (κ3) is 2.22. The van der Waals surface area contributed by atoms with Gasteiger partial charge < -0.3 is 20.1 Å². The minimum atomic E-state index is -1.03. The number of carboxylic acid groups (broad SMARTS) is 1. The largest absolute Gasteiger partial charge is 0.480 e. The smallest absolute Gasteiger partial charge is 0.328 e. The number of carbonyl (C=O) groups is 2. The van der Waals surface area contributed by atoms with Crippen molar-refractivity contribution < 1.29 is 19.4 Å². The average molecular weight is 276 g/mol. The Morgan fingerprint density at radius 2 is 2.25 bits per heavy atom. The summed E-state index contributed by atoms with van der Waals surface area (Å²) in [5.41, 5.74) is 2.68. The molecule has 1 amide bonds. The molecule has 2 N–H and O–H groups in total. The van der Waals surface area contributed by atoms with Gasteiger partial charge in [0.05, 0.1) is 13.2 Å². The first-order valence-corrected chi connectivity index (χ1v) is 6.65. The van der Waals surface area contributed by atoms with Gasteiger partial charge in [0.15, 0.2) is 6.04 Å². The summed E-state index contributed by atoms with van der Waals surface area (Å²) in [6, 6.07) is 4.60. The Balaban J connectivity index is 1.85. The van der Waals surface area contributed by atoms with Crippen molar-refractivity contribution >= 4 is 17.6 Å². The molecule has 1 aromatic rings. The quantitative estimate of drug-likeness (QED) is 0.826. The van der Waals surface area contributed by atoms with E-state index in [0.29, 0.717) is 18.7 Å². The van der Waals surface area contributed by atoms with Crippen molar-refractivity contribution in [3.05, 3.63) is 29.3 Å². The monoisotopic (exact) mass is 276 g/mol. The molecule has 1 fully saturated rings. The number of hydrogen-bond donors (Lipinski definition) is 2. The van der Waals surface area contributed by atoms with E-state index in [1.54, 1.807) is 12.1 Å². The lowest BCUT2D eigenvalue weighted by molar-refractivity contribution is -0.147. The van der Waals surface area contributed by atoms with Gasteiger partial charge in [0, 0.05) is 24.3 Å². The van der Waals surface area contributed by atoms with Crippen LogP contribution in [-0.2, 0) is 16.0 Å². The molecule has 2 aliphatic heterocycles. The summed E-state index contributed by atoms with van der Waals surface area (Å²) < 4.78 is 5.15. The molecule has 0 aliphatic carbocycles. The Hall–Kier alpha value is -2.08. The molecular weight excluding hydrogens is 260 g/mol. The second-order valence-corrected chi connectivity index (χ2v) is 4.98. The molecule has 3 rings (SSSR count). The normalized spacial score (nSPS) is 21.2. The number of amides is 1. The number of fused-ring (bicyclic) bond motifs is 1. The molecule has 20 heavy (non-hydrogen) atoms. The van der Waals surface area contributed by atoms with Crippen molar-refractivity contribution in [1.29, 1.82) is 0 Å². The summed E-state index contributed by atoms with van der Waals surface area (Å²) in [6.45, 7) is 1.60. The summed E-state index contributed by atoms with van der Waals surface area (Å²) in [5.74, 6) is -1.28. The fraction of sp³-hybridized carbons (Fsp3) is 0.429. The van der Waals surface area contributed by atoms with E-state index in [2.05, 4.69) is 5.32 Å². The van der Waals surface area contributed by atoms with Gasteiger partial charge in [-0.1, -0.05) is 6.07 Å². The molecule has 6 heteroatoms. The van der Waals surface area contributed by atoms with Crippen LogP contribution in [0.15, 0.2) is 18.2 Å². The zero-order valence-electron chi connectivity index (χ0n) is 11.0. The molecule has 0 aromatic heterocycles. The van der Waals surface area contributed by atoms with E-state index in [1.807, 2.05) is 6.07 Å². The Morgan fingerprint density at radius 1 is 1.40 bits per heavy atom. The van der Waals surface area contributed by atoms with E-state index in [0.717, 1.165) is 18.7 Å². The van der Waals surface area contributed by atoms with Crippen molar-refractivity contribution in [2.24, 2.45) is 0 Å². The van der Waals surface area contributed by atoms with Gasteiger partial charge >= 0.3 is 5.97 Å². The first-order chi connectivity index (χ1) is 9.66. The summed E-state index contributed by atoms with van der Waals surface area (Å²) in [6.07, 6.45) is 0.957. The van der Waals surface area contributed by atoms with Crippen molar-refractivity contribution in [1.82, 2.24) is 4.90 Å². The molecule has 1 atom stereocenters. The van der Waals surface area contributed by atoms with Crippen LogP contribution in [-0.4, -0.2) is 54.2 Å². The molecule has 106 valence electrons. The first kappa shape index (κ1) is 12.9. The van der Waals surface area contributed by atoms with E-state index >= 15 is 0 Å². The molecule has 2 aliphatic rings. The number of ether oxygens (including phenoxy) is 1. The van der Waals surface area contributed by atoms with Gasteiger partial charge in [-0.15, -0.1) is 0 Å². The van der Waals surface area contributed by atoms with Crippen molar-refractivity contribution in [3.63, 3.8) is 0 Å². The molecule has 0 spiro atoms. The predicted molar refractivity (Wildman–Crippen MR) is 71.9 cm³/mol. The number of morpholine rings is 1. The lowest BCUT2D eigenvalue weighted by atomic mass is 10.1. The highest BCUT2D eigenvalue weighted by molar-refractivity contribution is 5.97. The molecule has 1 aromatic carbocycles. The Labute approximate surface area is 116 Å². The Kier molecular flexibility index (Phi) is 3.31. The number of anilines is 1. The van der Waals surface area contributed by atoms with E-state index in [-0.39, 0.29) is 12.5 Å². The number of benzene rings is 1. The fourth-order valence-electron chi connectivity index (χ4n) is 2.64. The van der Waals surface area contributed by atoms with Gasteiger partial charge in [-0.05, 0) is 24.1 Å². The van der Waals surface area contributed by atoms with Crippen molar-refractivity contribution in [2.45, 2.75) is 12.5 Å². The number of rotatable bonds is 2. The molecular formula is C14H16N2O4. The van der Waals surface area contributed by atoms with Gasteiger partial charge in [-0.2, -0.15) is 0 Å². The van der Waals surface area contributed by atoms with E-state index in [1.165, 1.54) is 10.5 Å². The molecule has 0 radical (unpaired) electrons. The highest BCUT2D eigenvalue weighted by Gasteiger charge is 2.33. The van der Waals surface area contributed by atoms with Crippen LogP contribution >= 0.6 is 0 Å². The Bertz CT molecular complexity index is 558. The van der Waals surface area contributed by atoms with Gasteiger partial charge in [0.2, 0.25) is 0 Å². The van der Waals surface area contributed by atoms with Gasteiger partial charge in [0.25, 0.3) is 5.91 Å². The average Bonchev–Trinajstić information content (AvgIpc) is 2.93. The zero-order valence-corrected chi connectivity index (χ0v) is 11.0. The predicted octanol–water partition coefficient (Wildman–Crippen LogP) is 0.580. The van der Waals surface area contributed by atoms with Crippen LogP contribution in [0.3, 0.4) is 0 Å². The molecule has 1 unspecified atom stereocenters. The SMILES string of the molecule is O=C(O)C1COCCN1C(=O)c1ccc2c(c1)NCC2. The third-order valence-corrected chi connectivity index (χ3v) is 3.74. The van der Waals surface area contributed by atoms with Crippen LogP contribution in [0, 0.1) is 0 Å². The Morgan fingerprint density at radius 3 is 3.05 bits per heavy atom. The van der Waals surface area contributed by atoms with Gasteiger partial charge in [0.1, 0.15) is 0 Å². The number of aliphatic carboxylic acids is 1. The molecule has 0 saturated carbocycles. The molecule has 1 saturated heterocycles. The van der Waals surface area contributed by atoms with Crippen LogP contribution in [0.4, 0.5) is 5.69 Å². The van der Waals surface area contributed by atoms with Crippen molar-refractivity contribution in [3.8, 4) is 0 Å².